The van der Waals surface area contributed by atoms with Gasteiger partial charge in [0.1, 0.15) is 73.2 Å². The van der Waals surface area contributed by atoms with Crippen molar-refractivity contribution >= 4 is 5.91 Å². The van der Waals surface area contributed by atoms with Crippen LogP contribution < -0.4 is 5.32 Å². The first-order chi connectivity index (χ1) is 36.8. The second kappa shape index (κ2) is 41.3. The van der Waals surface area contributed by atoms with E-state index >= 15 is 0 Å². The van der Waals surface area contributed by atoms with Gasteiger partial charge in [-0.15, -0.1) is 0 Å². The first kappa shape index (κ1) is 68.5. The van der Waals surface area contributed by atoms with Gasteiger partial charge in [-0.3, -0.25) is 4.79 Å². The van der Waals surface area contributed by atoms with E-state index in [2.05, 4.69) is 31.3 Å². The average Bonchev–Trinajstić information content (AvgIpc) is 3.41. The highest BCUT2D eigenvalue weighted by atomic mass is 16.8. The largest absolute Gasteiger partial charge is 0.394 e. The van der Waals surface area contributed by atoms with Crippen LogP contribution in [0.2, 0.25) is 0 Å². The van der Waals surface area contributed by atoms with E-state index in [1.807, 2.05) is 6.08 Å². The van der Waals surface area contributed by atoms with Crippen molar-refractivity contribution < 1.29 is 89.4 Å². The number of aliphatic hydroxyl groups is 11. The Labute approximate surface area is 454 Å². The number of unbranched alkanes of at least 4 members (excludes halogenated alkanes) is 25. The molecule has 3 saturated heterocycles. The van der Waals surface area contributed by atoms with E-state index in [0.29, 0.717) is 12.8 Å². The summed E-state index contributed by atoms with van der Waals surface area (Å²) in [5, 5.41) is 120. The molecule has 17 unspecified atom stereocenters. The van der Waals surface area contributed by atoms with Gasteiger partial charge in [-0.1, -0.05) is 186 Å². The smallest absolute Gasteiger partial charge is 0.220 e. The molecule has 0 spiro atoms. The average molecular weight is 1090 g/mol. The Hall–Kier alpha value is -1.73. The van der Waals surface area contributed by atoms with Crippen LogP contribution in [0.1, 0.15) is 200 Å². The third-order valence-electron chi connectivity index (χ3n) is 15.0. The van der Waals surface area contributed by atoms with Gasteiger partial charge in [0.2, 0.25) is 5.91 Å². The lowest BCUT2D eigenvalue weighted by Crippen LogP contribution is -2.66. The maximum Gasteiger partial charge on any atom is 0.220 e. The van der Waals surface area contributed by atoms with Crippen molar-refractivity contribution in [2.75, 3.05) is 26.4 Å². The molecule has 0 bridgehead atoms. The minimum atomic E-state index is -1.98. The minimum absolute atomic E-state index is 0.239. The molecule has 3 aliphatic heterocycles. The van der Waals surface area contributed by atoms with Crippen molar-refractivity contribution in [3.05, 3.63) is 24.3 Å². The normalized spacial score (nSPS) is 31.1. The number of hydrogen-bond acceptors (Lipinski definition) is 18. The van der Waals surface area contributed by atoms with Crippen molar-refractivity contribution in [1.82, 2.24) is 5.32 Å². The molecule has 3 heterocycles. The maximum absolute atomic E-state index is 13.3. The minimum Gasteiger partial charge on any atom is -0.394 e. The number of allylic oxidation sites excluding steroid dienone is 3. The molecule has 3 rings (SSSR count). The molecule has 0 saturated carbocycles. The van der Waals surface area contributed by atoms with Gasteiger partial charge in [-0.25, -0.2) is 0 Å². The Morgan fingerprint density at radius 2 is 0.842 bits per heavy atom. The van der Waals surface area contributed by atoms with Gasteiger partial charge in [0.25, 0.3) is 0 Å². The van der Waals surface area contributed by atoms with E-state index < -0.39 is 124 Å². The topological polar surface area (TPSA) is 307 Å². The zero-order valence-corrected chi connectivity index (χ0v) is 46.2. The summed E-state index contributed by atoms with van der Waals surface area (Å²) < 4.78 is 34.2. The molecular formula is C57H105NO18. The van der Waals surface area contributed by atoms with Crippen molar-refractivity contribution in [2.45, 2.75) is 304 Å². The summed E-state index contributed by atoms with van der Waals surface area (Å²) in [6.45, 7) is 1.70. The van der Waals surface area contributed by atoms with Crippen LogP contribution in [0.4, 0.5) is 0 Å². The highest BCUT2D eigenvalue weighted by Gasteiger charge is 2.53. The first-order valence-electron chi connectivity index (χ1n) is 29.6. The third kappa shape index (κ3) is 25.4. The second-order valence-corrected chi connectivity index (χ2v) is 21.5. The molecule has 0 aliphatic carbocycles. The van der Waals surface area contributed by atoms with Crippen molar-refractivity contribution in [3.63, 3.8) is 0 Å². The third-order valence-corrected chi connectivity index (χ3v) is 15.0. The number of nitrogens with one attached hydrogen (secondary N) is 1. The van der Waals surface area contributed by atoms with E-state index in [4.69, 9.17) is 28.4 Å². The Kier molecular flexibility index (Phi) is 37.2. The van der Waals surface area contributed by atoms with Crippen LogP contribution in [0.3, 0.4) is 0 Å². The molecule has 17 atom stereocenters. The highest BCUT2D eigenvalue weighted by Crippen LogP contribution is 2.33. The molecule has 3 fully saturated rings. The van der Waals surface area contributed by atoms with Gasteiger partial charge < -0.3 is 89.9 Å². The predicted molar refractivity (Wildman–Crippen MR) is 286 cm³/mol. The monoisotopic (exact) mass is 1090 g/mol. The molecule has 0 aromatic carbocycles. The lowest BCUT2D eigenvalue weighted by Gasteiger charge is -2.48. The Morgan fingerprint density at radius 3 is 1.32 bits per heavy atom. The lowest BCUT2D eigenvalue weighted by molar-refractivity contribution is -0.379. The number of carbonyl (C=O) groups is 1. The molecule has 0 aromatic rings. The van der Waals surface area contributed by atoms with Crippen molar-refractivity contribution in [2.24, 2.45) is 0 Å². The van der Waals surface area contributed by atoms with Gasteiger partial charge in [0.15, 0.2) is 18.9 Å². The lowest BCUT2D eigenvalue weighted by atomic mass is 9.96. The van der Waals surface area contributed by atoms with Crippen LogP contribution in [0.15, 0.2) is 24.3 Å². The number of ether oxygens (including phenoxy) is 6. The fourth-order valence-electron chi connectivity index (χ4n) is 10.1. The van der Waals surface area contributed by atoms with Crippen LogP contribution in [-0.4, -0.2) is 193 Å². The van der Waals surface area contributed by atoms with Gasteiger partial charge in [0.05, 0.1) is 38.6 Å². The molecule has 19 nitrogen and oxygen atoms in total. The number of hydrogen-bond donors (Lipinski definition) is 12. The molecule has 0 aromatic heterocycles. The van der Waals surface area contributed by atoms with Gasteiger partial charge in [-0.05, 0) is 32.1 Å². The quantitative estimate of drug-likeness (QED) is 0.0289. The zero-order valence-electron chi connectivity index (χ0n) is 46.2. The Balaban J connectivity index is 1.53. The summed E-state index contributed by atoms with van der Waals surface area (Å²) >= 11 is 0. The number of rotatable bonds is 43. The molecule has 12 N–H and O–H groups in total. The molecule has 0 radical (unpaired) electrons. The fraction of sp³-hybridized carbons (Fsp3) is 0.912. The SMILES string of the molecule is CCCCCCCCCCCCC/C=C/CC/C=C/C(O)C(COC1OC(CO)C(OC2OC(CO)C(OC3OC(CO)C(O)C(O)C3O)C(O)C2O)C(O)C1O)NC(=O)CCCCCCCCCCCCCCCC. The summed E-state index contributed by atoms with van der Waals surface area (Å²) in [4.78, 5) is 13.3. The summed E-state index contributed by atoms with van der Waals surface area (Å²) in [7, 11) is 0. The van der Waals surface area contributed by atoms with Gasteiger partial charge in [-0.2, -0.15) is 0 Å². The summed E-state index contributed by atoms with van der Waals surface area (Å²) in [6, 6.07) is -0.984. The van der Waals surface area contributed by atoms with Crippen LogP contribution in [0, 0.1) is 0 Å². The molecular weight excluding hydrogens is 987 g/mol. The molecule has 3 aliphatic rings. The maximum atomic E-state index is 13.3. The summed E-state index contributed by atoms with van der Waals surface area (Å²) in [5.74, 6) is -0.285. The van der Waals surface area contributed by atoms with E-state index in [1.165, 1.54) is 128 Å². The number of aliphatic hydroxyl groups excluding tert-OH is 11. The number of amides is 1. The Bertz CT molecular complexity index is 1490. The fourth-order valence-corrected chi connectivity index (χ4v) is 10.1. The molecule has 19 heteroatoms. The van der Waals surface area contributed by atoms with E-state index in [1.54, 1.807) is 6.08 Å². The standard InChI is InChI=1S/C57H105NO18/c1-3-5-7-9-11-13-15-17-19-20-21-22-24-26-28-30-32-34-41(62)40(58-45(63)35-33-31-29-27-25-23-18-16-14-12-10-8-6-4-2)39-71-55-51(69)48(66)53(43(37-60)73-55)76-57-52(70)49(67)54(44(38-61)74-57)75-56-50(68)47(65)46(64)42(36-59)72-56/h24,26,32,34,40-44,46-57,59-62,64-70H,3-23,25,27-31,33,35-39H2,1-2H3,(H,58,63)/b26-24+,34-32+. The van der Waals surface area contributed by atoms with E-state index in [-0.39, 0.29) is 18.9 Å². The Morgan fingerprint density at radius 1 is 0.461 bits per heavy atom. The molecule has 1 amide bonds. The van der Waals surface area contributed by atoms with Crippen molar-refractivity contribution in [3.8, 4) is 0 Å². The van der Waals surface area contributed by atoms with Crippen LogP contribution in [-0.2, 0) is 33.2 Å². The first-order valence-corrected chi connectivity index (χ1v) is 29.6. The summed E-state index contributed by atoms with van der Waals surface area (Å²) in [6.07, 6.45) is 14.5. The predicted octanol–water partition coefficient (Wildman–Crippen LogP) is 4.76. The van der Waals surface area contributed by atoms with Crippen LogP contribution in [0.5, 0.6) is 0 Å². The van der Waals surface area contributed by atoms with Gasteiger partial charge in [0, 0.05) is 6.42 Å². The zero-order chi connectivity index (χ0) is 55.5. The molecule has 76 heavy (non-hydrogen) atoms. The number of carbonyl (C=O) groups excluding carboxylic acids is 1. The molecule has 446 valence electrons. The van der Waals surface area contributed by atoms with E-state index in [9.17, 15) is 61.0 Å². The second-order valence-electron chi connectivity index (χ2n) is 21.5. The summed E-state index contributed by atoms with van der Waals surface area (Å²) in [5.41, 5.74) is 0. The van der Waals surface area contributed by atoms with E-state index in [0.717, 1.165) is 38.5 Å². The van der Waals surface area contributed by atoms with Crippen LogP contribution >= 0.6 is 0 Å². The van der Waals surface area contributed by atoms with Crippen molar-refractivity contribution in [1.29, 1.82) is 0 Å². The van der Waals surface area contributed by atoms with Gasteiger partial charge >= 0.3 is 0 Å². The highest BCUT2D eigenvalue weighted by molar-refractivity contribution is 5.76. The van der Waals surface area contributed by atoms with Crippen LogP contribution in [0.25, 0.3) is 0 Å².